The summed E-state index contributed by atoms with van der Waals surface area (Å²) < 4.78 is 0. The van der Waals surface area contributed by atoms with Gasteiger partial charge in [-0.25, -0.2) is 0 Å². The molecule has 2 rings (SSSR count). The molecule has 1 unspecified atom stereocenters. The third-order valence-electron chi connectivity index (χ3n) is 3.83. The van der Waals surface area contributed by atoms with Crippen LogP contribution >= 0.6 is 0 Å². The van der Waals surface area contributed by atoms with Crippen LogP contribution in [0.1, 0.15) is 55.9 Å². The zero-order valence-electron chi connectivity index (χ0n) is 11.9. The fraction of sp³-hybridized carbons (Fsp3) is 0.500. The van der Waals surface area contributed by atoms with Crippen molar-refractivity contribution >= 4 is 5.69 Å². The highest BCUT2D eigenvalue weighted by Crippen LogP contribution is 2.44. The summed E-state index contributed by atoms with van der Waals surface area (Å²) in [7, 11) is 0. The largest absolute Gasteiger partial charge is 0.359 e. The monoisotopic (exact) mass is 229 g/mol. The molecule has 1 aliphatic heterocycles. The second kappa shape index (κ2) is 3.63. The Labute approximate surface area is 105 Å². The normalized spacial score (nSPS) is 19.2. The Balaban J connectivity index is 2.72. The first-order valence-electron chi connectivity index (χ1n) is 6.34. The van der Waals surface area contributed by atoms with E-state index >= 15 is 0 Å². The Hall–Kier alpha value is -1.24. The van der Waals surface area contributed by atoms with Crippen molar-refractivity contribution in [2.45, 2.75) is 52.9 Å². The molecule has 92 valence electrons. The minimum absolute atomic E-state index is 0.201. The number of anilines is 1. The molecule has 0 saturated heterocycles. The molecule has 0 aromatic heterocycles. The topological polar surface area (TPSA) is 12.0 Å². The van der Waals surface area contributed by atoms with E-state index < -0.39 is 0 Å². The maximum Gasteiger partial charge on any atom is 0.0426 e. The van der Waals surface area contributed by atoms with Crippen molar-refractivity contribution in [1.29, 1.82) is 0 Å². The van der Waals surface area contributed by atoms with E-state index in [1.165, 1.54) is 27.9 Å². The molecule has 17 heavy (non-hydrogen) atoms. The number of benzene rings is 1. The Bertz CT molecular complexity index is 489. The lowest BCUT2D eigenvalue weighted by atomic mass is 9.78. The van der Waals surface area contributed by atoms with E-state index in [9.17, 15) is 0 Å². The highest BCUT2D eigenvalue weighted by atomic mass is 14.9. The summed E-state index contributed by atoms with van der Waals surface area (Å²) >= 11 is 0. The highest BCUT2D eigenvalue weighted by molar-refractivity contribution is 5.70. The van der Waals surface area contributed by atoms with Crippen molar-refractivity contribution in [2.75, 3.05) is 5.32 Å². The van der Waals surface area contributed by atoms with Crippen molar-refractivity contribution in [3.63, 3.8) is 0 Å². The summed E-state index contributed by atoms with van der Waals surface area (Å²) in [6, 6.07) is 2.28. The third kappa shape index (κ3) is 1.78. The molecule has 0 radical (unpaired) electrons. The van der Waals surface area contributed by atoms with Gasteiger partial charge in [0.1, 0.15) is 0 Å². The summed E-state index contributed by atoms with van der Waals surface area (Å²) in [5, 5.41) is 3.41. The standard InChI is InChI=1S/C16H23N/c1-9-8-13-14(10(2)12(4)17-13)11(3)15(9)16(5,6)7/h8,10,17H,4H2,1-3,5-7H3. The molecule has 0 spiro atoms. The molecule has 0 amide bonds. The van der Waals surface area contributed by atoms with E-state index in [2.05, 4.69) is 59.5 Å². The zero-order valence-corrected chi connectivity index (χ0v) is 11.9. The number of hydrogen-bond acceptors (Lipinski definition) is 1. The number of nitrogens with one attached hydrogen (secondary N) is 1. The Morgan fingerprint density at radius 3 is 2.35 bits per heavy atom. The second-order valence-electron chi connectivity index (χ2n) is 6.28. The number of allylic oxidation sites excluding steroid dienone is 1. The fourth-order valence-electron chi connectivity index (χ4n) is 3.27. The SMILES string of the molecule is C=C1Nc2cc(C)c(C(C)(C)C)c(C)c2C1C. The van der Waals surface area contributed by atoms with E-state index in [-0.39, 0.29) is 5.41 Å². The van der Waals surface area contributed by atoms with Crippen LogP contribution in [0.2, 0.25) is 0 Å². The average molecular weight is 229 g/mol. The van der Waals surface area contributed by atoms with E-state index in [4.69, 9.17) is 0 Å². The lowest BCUT2D eigenvalue weighted by Crippen LogP contribution is -2.16. The van der Waals surface area contributed by atoms with Gasteiger partial charge >= 0.3 is 0 Å². The van der Waals surface area contributed by atoms with Crippen LogP contribution in [0.3, 0.4) is 0 Å². The molecule has 1 atom stereocenters. The maximum absolute atomic E-state index is 4.10. The van der Waals surface area contributed by atoms with Crippen molar-refractivity contribution in [3.8, 4) is 0 Å². The third-order valence-corrected chi connectivity index (χ3v) is 3.83. The highest BCUT2D eigenvalue weighted by Gasteiger charge is 2.29. The molecule has 1 nitrogen and oxygen atoms in total. The van der Waals surface area contributed by atoms with Crippen molar-refractivity contribution in [3.05, 3.63) is 40.6 Å². The van der Waals surface area contributed by atoms with E-state index in [0.717, 1.165) is 5.70 Å². The van der Waals surface area contributed by atoms with Gasteiger partial charge in [-0.15, -0.1) is 0 Å². The number of rotatable bonds is 0. The Morgan fingerprint density at radius 1 is 1.24 bits per heavy atom. The van der Waals surface area contributed by atoms with Crippen LogP contribution in [0.25, 0.3) is 0 Å². The van der Waals surface area contributed by atoms with Crippen LogP contribution in [-0.4, -0.2) is 0 Å². The minimum Gasteiger partial charge on any atom is -0.359 e. The van der Waals surface area contributed by atoms with Crippen LogP contribution in [0.4, 0.5) is 5.69 Å². The Kier molecular flexibility index (Phi) is 2.61. The van der Waals surface area contributed by atoms with Crippen LogP contribution < -0.4 is 5.32 Å². The summed E-state index contributed by atoms with van der Waals surface area (Å²) in [6.07, 6.45) is 0. The zero-order chi connectivity index (χ0) is 13.0. The fourth-order valence-corrected chi connectivity index (χ4v) is 3.27. The first-order valence-corrected chi connectivity index (χ1v) is 6.34. The van der Waals surface area contributed by atoms with Gasteiger partial charge in [0.2, 0.25) is 0 Å². The van der Waals surface area contributed by atoms with Gasteiger partial charge in [-0.05, 0) is 47.6 Å². The first-order chi connectivity index (χ1) is 7.73. The second-order valence-corrected chi connectivity index (χ2v) is 6.28. The summed E-state index contributed by atoms with van der Waals surface area (Å²) in [4.78, 5) is 0. The smallest absolute Gasteiger partial charge is 0.0426 e. The van der Waals surface area contributed by atoms with Crippen LogP contribution in [-0.2, 0) is 5.41 Å². The average Bonchev–Trinajstić information content (AvgIpc) is 2.39. The Morgan fingerprint density at radius 2 is 1.82 bits per heavy atom. The van der Waals surface area contributed by atoms with Crippen molar-refractivity contribution < 1.29 is 0 Å². The molecular weight excluding hydrogens is 206 g/mol. The lowest BCUT2D eigenvalue weighted by Gasteiger charge is -2.26. The van der Waals surface area contributed by atoms with Gasteiger partial charge in [0.25, 0.3) is 0 Å². The van der Waals surface area contributed by atoms with Crippen molar-refractivity contribution in [1.82, 2.24) is 0 Å². The maximum atomic E-state index is 4.10. The molecule has 0 bridgehead atoms. The number of aryl methyl sites for hydroxylation is 1. The molecule has 1 aromatic carbocycles. The van der Waals surface area contributed by atoms with Gasteiger partial charge < -0.3 is 5.32 Å². The summed E-state index contributed by atoms with van der Waals surface area (Å²) in [6.45, 7) is 17.7. The molecule has 1 aromatic rings. The molecule has 1 heterocycles. The molecule has 1 N–H and O–H groups in total. The van der Waals surface area contributed by atoms with E-state index in [1.807, 2.05) is 0 Å². The quantitative estimate of drug-likeness (QED) is 0.683. The van der Waals surface area contributed by atoms with Crippen LogP contribution in [0.5, 0.6) is 0 Å². The van der Waals surface area contributed by atoms with Gasteiger partial charge in [-0.2, -0.15) is 0 Å². The molecule has 1 heteroatoms. The number of fused-ring (bicyclic) bond motifs is 1. The van der Waals surface area contributed by atoms with E-state index in [0.29, 0.717) is 5.92 Å². The van der Waals surface area contributed by atoms with Gasteiger partial charge in [0.05, 0.1) is 0 Å². The van der Waals surface area contributed by atoms with Gasteiger partial charge in [-0.1, -0.05) is 34.3 Å². The van der Waals surface area contributed by atoms with E-state index in [1.54, 1.807) is 0 Å². The summed E-state index contributed by atoms with van der Waals surface area (Å²) in [5.41, 5.74) is 8.31. The first kappa shape index (κ1) is 12.2. The molecule has 1 aliphatic rings. The summed E-state index contributed by atoms with van der Waals surface area (Å²) in [5.74, 6) is 0.423. The van der Waals surface area contributed by atoms with Gasteiger partial charge in [0.15, 0.2) is 0 Å². The molecule has 0 aliphatic carbocycles. The molecular formula is C16H23N. The van der Waals surface area contributed by atoms with Crippen LogP contribution in [0, 0.1) is 13.8 Å². The predicted octanol–water partition coefficient (Wildman–Crippen LogP) is 4.64. The minimum atomic E-state index is 0.201. The van der Waals surface area contributed by atoms with Crippen molar-refractivity contribution in [2.24, 2.45) is 0 Å². The number of hydrogen-bond donors (Lipinski definition) is 1. The van der Waals surface area contributed by atoms with Gasteiger partial charge in [-0.3, -0.25) is 0 Å². The lowest BCUT2D eigenvalue weighted by molar-refractivity contribution is 0.580. The predicted molar refractivity (Wildman–Crippen MR) is 75.8 cm³/mol. The molecule has 0 saturated carbocycles. The van der Waals surface area contributed by atoms with Gasteiger partial charge in [0, 0.05) is 17.3 Å². The molecule has 0 fully saturated rings. The van der Waals surface area contributed by atoms with Crippen LogP contribution in [0.15, 0.2) is 18.3 Å².